The number of carbonyl (C=O) groups is 1. The largest absolute Gasteiger partial charge is 0.493 e. The van der Waals surface area contributed by atoms with E-state index in [0.29, 0.717) is 29.9 Å². The van der Waals surface area contributed by atoms with Gasteiger partial charge in [0.15, 0.2) is 11.5 Å². The normalized spacial score (nSPS) is 17.0. The van der Waals surface area contributed by atoms with Gasteiger partial charge in [-0.25, -0.2) is 8.42 Å². The zero-order chi connectivity index (χ0) is 17.2. The van der Waals surface area contributed by atoms with Crippen molar-refractivity contribution in [2.24, 2.45) is 11.7 Å². The quantitative estimate of drug-likeness (QED) is 0.857. The third kappa shape index (κ3) is 3.42. The summed E-state index contributed by atoms with van der Waals surface area (Å²) in [6, 6.07) is 3.12. The summed E-state index contributed by atoms with van der Waals surface area (Å²) < 4.78 is 37.5. The molecule has 1 heterocycles. The number of ether oxygens (including phenoxy) is 2. The molecule has 2 rings (SSSR count). The molecule has 0 atom stereocenters. The average molecular weight is 342 g/mol. The number of amides is 1. The number of aryl methyl sites for hydroxylation is 1. The van der Waals surface area contributed by atoms with Gasteiger partial charge in [-0.05, 0) is 31.4 Å². The molecule has 0 saturated carbocycles. The van der Waals surface area contributed by atoms with Crippen molar-refractivity contribution in [3.63, 3.8) is 0 Å². The first kappa shape index (κ1) is 17.6. The van der Waals surface area contributed by atoms with Gasteiger partial charge in [0.05, 0.1) is 19.1 Å². The lowest BCUT2D eigenvalue weighted by atomic mass is 9.98. The summed E-state index contributed by atoms with van der Waals surface area (Å²) in [5.74, 6) is 0.220. The maximum Gasteiger partial charge on any atom is 0.243 e. The monoisotopic (exact) mass is 342 g/mol. The van der Waals surface area contributed by atoms with Crippen LogP contribution >= 0.6 is 0 Å². The zero-order valence-electron chi connectivity index (χ0n) is 13.5. The van der Waals surface area contributed by atoms with Crippen molar-refractivity contribution in [1.29, 1.82) is 0 Å². The molecular weight excluding hydrogens is 320 g/mol. The lowest BCUT2D eigenvalue weighted by molar-refractivity contribution is -0.122. The first-order valence-corrected chi connectivity index (χ1v) is 8.77. The second-order valence-corrected chi connectivity index (χ2v) is 7.46. The van der Waals surface area contributed by atoms with Gasteiger partial charge in [-0.1, -0.05) is 0 Å². The first-order chi connectivity index (χ1) is 10.8. The molecule has 1 aliphatic heterocycles. The number of benzene rings is 1. The molecule has 1 aromatic rings. The summed E-state index contributed by atoms with van der Waals surface area (Å²) in [6.45, 7) is 2.28. The molecular formula is C15H22N2O5S. The second-order valence-electron chi connectivity index (χ2n) is 5.55. The molecule has 0 radical (unpaired) electrons. The molecule has 0 unspecified atom stereocenters. The minimum absolute atomic E-state index is 0.188. The smallest absolute Gasteiger partial charge is 0.243 e. The predicted octanol–water partition coefficient (Wildman–Crippen LogP) is 0.898. The Morgan fingerprint density at radius 2 is 1.70 bits per heavy atom. The van der Waals surface area contributed by atoms with Crippen molar-refractivity contribution in [1.82, 2.24) is 4.31 Å². The van der Waals surface area contributed by atoms with Crippen LogP contribution in [0.2, 0.25) is 0 Å². The van der Waals surface area contributed by atoms with Crippen LogP contribution in [0.5, 0.6) is 11.5 Å². The molecule has 1 amide bonds. The molecule has 0 aliphatic carbocycles. The van der Waals surface area contributed by atoms with Gasteiger partial charge in [0.2, 0.25) is 15.9 Å². The van der Waals surface area contributed by atoms with Crippen LogP contribution in [0.3, 0.4) is 0 Å². The fourth-order valence-electron chi connectivity index (χ4n) is 2.76. The van der Waals surface area contributed by atoms with Gasteiger partial charge in [-0.2, -0.15) is 4.31 Å². The van der Waals surface area contributed by atoms with E-state index >= 15 is 0 Å². The van der Waals surface area contributed by atoms with Crippen molar-refractivity contribution in [3.05, 3.63) is 17.7 Å². The zero-order valence-corrected chi connectivity index (χ0v) is 14.4. The molecule has 7 nitrogen and oxygen atoms in total. The van der Waals surface area contributed by atoms with Gasteiger partial charge >= 0.3 is 0 Å². The number of primary amides is 1. The number of hydrogen-bond donors (Lipinski definition) is 1. The molecule has 0 spiro atoms. The van der Waals surface area contributed by atoms with Crippen LogP contribution in [0.15, 0.2) is 17.0 Å². The molecule has 2 N–H and O–H groups in total. The third-order valence-corrected chi connectivity index (χ3v) is 6.20. The Kier molecular flexibility index (Phi) is 5.16. The minimum Gasteiger partial charge on any atom is -0.493 e. The minimum atomic E-state index is -3.65. The number of hydrogen-bond acceptors (Lipinski definition) is 5. The van der Waals surface area contributed by atoms with Crippen molar-refractivity contribution >= 4 is 15.9 Å². The number of rotatable bonds is 5. The summed E-state index contributed by atoms with van der Waals surface area (Å²) in [4.78, 5) is 11.4. The molecule has 1 fully saturated rings. The molecule has 0 bridgehead atoms. The van der Waals surface area contributed by atoms with Gasteiger partial charge < -0.3 is 15.2 Å². The summed E-state index contributed by atoms with van der Waals surface area (Å²) in [6.07, 6.45) is 0.891. The molecule has 1 aliphatic rings. The molecule has 128 valence electrons. The molecule has 0 aromatic heterocycles. The lowest BCUT2D eigenvalue weighted by Gasteiger charge is -2.30. The Morgan fingerprint density at radius 3 is 2.17 bits per heavy atom. The Balaban J connectivity index is 2.32. The van der Waals surface area contributed by atoms with Crippen molar-refractivity contribution in [3.8, 4) is 11.5 Å². The van der Waals surface area contributed by atoms with Gasteiger partial charge in [0.1, 0.15) is 0 Å². The lowest BCUT2D eigenvalue weighted by Crippen LogP contribution is -2.41. The van der Waals surface area contributed by atoms with E-state index in [0.717, 1.165) is 0 Å². The number of methoxy groups -OCH3 is 2. The topological polar surface area (TPSA) is 98.9 Å². The highest BCUT2D eigenvalue weighted by atomic mass is 32.2. The summed E-state index contributed by atoms with van der Waals surface area (Å²) in [5, 5.41) is 0. The van der Waals surface area contributed by atoms with Crippen LogP contribution in [0.25, 0.3) is 0 Å². The Bertz CT molecular complexity index is 694. The standard InChI is InChI=1S/C15H22N2O5S/c1-10-8-12(21-2)13(22-3)9-14(10)23(19,20)17-6-4-11(5-7-17)15(16)18/h8-9,11H,4-7H2,1-3H3,(H2,16,18). The van der Waals surface area contributed by atoms with Crippen molar-refractivity contribution < 1.29 is 22.7 Å². The fourth-order valence-corrected chi connectivity index (χ4v) is 4.45. The summed E-state index contributed by atoms with van der Waals surface area (Å²) in [7, 11) is -0.693. The van der Waals surface area contributed by atoms with E-state index < -0.39 is 10.0 Å². The van der Waals surface area contributed by atoms with Crippen LogP contribution in [0.1, 0.15) is 18.4 Å². The Labute approximate surface area is 136 Å². The SMILES string of the molecule is COc1cc(C)c(S(=O)(=O)N2CCC(C(N)=O)CC2)cc1OC. The van der Waals surface area contributed by atoms with Gasteiger partial charge in [-0.3, -0.25) is 4.79 Å². The van der Waals surface area contributed by atoms with Crippen LogP contribution in [0.4, 0.5) is 0 Å². The van der Waals surface area contributed by atoms with E-state index in [9.17, 15) is 13.2 Å². The van der Waals surface area contributed by atoms with Gasteiger partial charge in [-0.15, -0.1) is 0 Å². The highest BCUT2D eigenvalue weighted by Gasteiger charge is 2.32. The summed E-state index contributed by atoms with van der Waals surface area (Å²) >= 11 is 0. The second kappa shape index (κ2) is 6.76. The van der Waals surface area contributed by atoms with Crippen LogP contribution in [0, 0.1) is 12.8 Å². The number of piperidine rings is 1. The average Bonchev–Trinajstić information content (AvgIpc) is 2.54. The maximum atomic E-state index is 12.9. The molecule has 1 aromatic carbocycles. The highest BCUT2D eigenvalue weighted by molar-refractivity contribution is 7.89. The van der Waals surface area contributed by atoms with Crippen LogP contribution in [-0.2, 0) is 14.8 Å². The predicted molar refractivity (Wildman–Crippen MR) is 85.0 cm³/mol. The molecule has 23 heavy (non-hydrogen) atoms. The number of sulfonamides is 1. The van der Waals surface area contributed by atoms with E-state index in [2.05, 4.69) is 0 Å². The summed E-state index contributed by atoms with van der Waals surface area (Å²) in [5.41, 5.74) is 5.87. The van der Waals surface area contributed by atoms with Gasteiger partial charge in [0.25, 0.3) is 0 Å². The van der Waals surface area contributed by atoms with E-state index in [1.807, 2.05) is 0 Å². The Morgan fingerprint density at radius 1 is 1.17 bits per heavy atom. The number of carbonyl (C=O) groups excluding carboxylic acids is 1. The third-order valence-electron chi connectivity index (χ3n) is 4.16. The van der Waals surface area contributed by atoms with Crippen molar-refractivity contribution in [2.45, 2.75) is 24.7 Å². The van der Waals surface area contributed by atoms with Crippen LogP contribution < -0.4 is 15.2 Å². The van der Waals surface area contributed by atoms with Crippen LogP contribution in [-0.4, -0.2) is 45.9 Å². The number of nitrogens with zero attached hydrogens (tertiary/aromatic N) is 1. The molecule has 1 saturated heterocycles. The maximum absolute atomic E-state index is 12.9. The number of nitrogens with two attached hydrogens (primary N) is 1. The van der Waals surface area contributed by atoms with E-state index in [1.54, 1.807) is 13.0 Å². The van der Waals surface area contributed by atoms with Crippen molar-refractivity contribution in [2.75, 3.05) is 27.3 Å². The van der Waals surface area contributed by atoms with E-state index in [-0.39, 0.29) is 29.8 Å². The first-order valence-electron chi connectivity index (χ1n) is 7.33. The fraction of sp³-hybridized carbons (Fsp3) is 0.533. The van der Waals surface area contributed by atoms with E-state index in [4.69, 9.17) is 15.2 Å². The highest BCUT2D eigenvalue weighted by Crippen LogP contribution is 2.34. The van der Waals surface area contributed by atoms with Gasteiger partial charge in [0, 0.05) is 25.1 Å². The Hall–Kier alpha value is -1.80. The molecule has 8 heteroatoms. The van der Waals surface area contributed by atoms with E-state index in [1.165, 1.54) is 24.6 Å².